The van der Waals surface area contributed by atoms with Gasteiger partial charge in [0.1, 0.15) is 5.75 Å². The molecule has 2 aromatic carbocycles. The zero-order valence-electron chi connectivity index (χ0n) is 14.2. The Morgan fingerprint density at radius 3 is 2.27 bits per heavy atom. The molecule has 2 aromatic rings. The van der Waals surface area contributed by atoms with Gasteiger partial charge in [0.05, 0.1) is 26.5 Å². The van der Waals surface area contributed by atoms with E-state index in [1.165, 1.54) is 0 Å². The Morgan fingerprint density at radius 1 is 1.15 bits per heavy atom. The highest BCUT2D eigenvalue weighted by Gasteiger charge is 2.20. The van der Waals surface area contributed by atoms with Gasteiger partial charge in [0.2, 0.25) is 11.8 Å². The van der Waals surface area contributed by atoms with Gasteiger partial charge in [0, 0.05) is 0 Å². The molecule has 0 aromatic heterocycles. The van der Waals surface area contributed by atoms with Crippen LogP contribution in [-0.4, -0.2) is 34.9 Å². The molecule has 0 aliphatic rings. The normalized spacial score (nSPS) is 12.1. The van der Waals surface area contributed by atoms with Crippen LogP contribution in [0.25, 0.3) is 0 Å². The summed E-state index contributed by atoms with van der Waals surface area (Å²) < 4.78 is 23.3. The van der Waals surface area contributed by atoms with Gasteiger partial charge in [-0.05, 0) is 47.5 Å². The molecule has 1 unspecified atom stereocenters. The summed E-state index contributed by atoms with van der Waals surface area (Å²) in [6.07, 6.45) is 1.37. The highest BCUT2D eigenvalue weighted by molar-refractivity contribution is 8.02. The highest BCUT2D eigenvalue weighted by atomic mass is 32.4. The molecule has 26 heavy (non-hydrogen) atoms. The van der Waals surface area contributed by atoms with Crippen molar-refractivity contribution in [3.8, 4) is 11.5 Å². The minimum absolute atomic E-state index is 0.304. The Kier molecular flexibility index (Phi) is 7.26. The second-order valence-electron chi connectivity index (χ2n) is 5.30. The molecular formula is C16H19N2O5P2S+. The molecule has 0 heterocycles. The molecule has 0 spiro atoms. The lowest BCUT2D eigenvalue weighted by Crippen LogP contribution is -2.03. The van der Waals surface area contributed by atoms with Gasteiger partial charge in [0.25, 0.3) is 0 Å². The Labute approximate surface area is 158 Å². The lowest BCUT2D eigenvalue weighted by Gasteiger charge is -2.05. The summed E-state index contributed by atoms with van der Waals surface area (Å²) in [5, 5.41) is 4.28. The first-order chi connectivity index (χ1) is 12.3. The fourth-order valence-corrected chi connectivity index (χ4v) is 3.55. The molecule has 0 aliphatic carbocycles. The smallest absolute Gasteiger partial charge is 0.497 e. The van der Waals surface area contributed by atoms with E-state index in [0.717, 1.165) is 11.3 Å². The summed E-state index contributed by atoms with van der Waals surface area (Å²) in [4.78, 5) is 18.0. The Morgan fingerprint density at radius 2 is 1.73 bits per heavy atom. The second kappa shape index (κ2) is 9.21. The van der Waals surface area contributed by atoms with Gasteiger partial charge in [0.15, 0.2) is 5.75 Å². The third-order valence-corrected chi connectivity index (χ3v) is 5.87. The number of hydrazone groups is 1. The van der Waals surface area contributed by atoms with Gasteiger partial charge >= 0.3 is 14.7 Å². The predicted octanol–water partition coefficient (Wildman–Crippen LogP) is 3.49. The molecule has 2 rings (SSSR count). The standard InChI is InChI=1S/C16H18N2O5P2S/c1-18(17-11-13-3-7-15(22-2)8-4-13)24(26)23-16-9-5-14(6-10-16)12-25(19,20)21/h3-11H,12H2,1-2H3,(H-,19,20,21)/p+1/b17-11-. The van der Waals surface area contributed by atoms with Crippen molar-refractivity contribution < 1.29 is 23.6 Å². The van der Waals surface area contributed by atoms with Crippen LogP contribution in [0.3, 0.4) is 0 Å². The van der Waals surface area contributed by atoms with E-state index in [1.54, 1.807) is 49.4 Å². The molecule has 0 saturated heterocycles. The van der Waals surface area contributed by atoms with E-state index in [9.17, 15) is 4.57 Å². The van der Waals surface area contributed by atoms with Crippen molar-refractivity contribution in [1.29, 1.82) is 0 Å². The van der Waals surface area contributed by atoms with Crippen LogP contribution >= 0.6 is 14.7 Å². The van der Waals surface area contributed by atoms with E-state index in [2.05, 4.69) is 5.10 Å². The van der Waals surface area contributed by atoms with Crippen LogP contribution < -0.4 is 9.26 Å². The van der Waals surface area contributed by atoms with Gasteiger partial charge in [-0.15, -0.1) is 5.10 Å². The highest BCUT2D eigenvalue weighted by Crippen LogP contribution is 2.39. The van der Waals surface area contributed by atoms with Gasteiger partial charge in [-0.25, -0.2) is 0 Å². The molecule has 0 saturated carbocycles. The second-order valence-corrected chi connectivity index (χ2v) is 9.12. The number of nitrogens with zero attached hydrogens (tertiary/aromatic N) is 2. The van der Waals surface area contributed by atoms with Crippen molar-refractivity contribution in [1.82, 2.24) is 4.78 Å². The average Bonchev–Trinajstić information content (AvgIpc) is 2.60. The molecule has 0 radical (unpaired) electrons. The Hall–Kier alpha value is -1.82. The number of methoxy groups -OCH3 is 1. The van der Waals surface area contributed by atoms with E-state index in [-0.39, 0.29) is 6.16 Å². The molecule has 2 N–H and O–H groups in total. The summed E-state index contributed by atoms with van der Waals surface area (Å²) in [5.41, 5.74) is 1.43. The van der Waals surface area contributed by atoms with E-state index < -0.39 is 14.7 Å². The van der Waals surface area contributed by atoms with Crippen LogP contribution in [0.15, 0.2) is 53.6 Å². The van der Waals surface area contributed by atoms with Crippen molar-refractivity contribution in [3.05, 3.63) is 59.7 Å². The van der Waals surface area contributed by atoms with Gasteiger partial charge < -0.3 is 14.5 Å². The molecule has 1 atom stereocenters. The van der Waals surface area contributed by atoms with E-state index in [1.807, 2.05) is 24.3 Å². The number of rotatable bonds is 8. The molecule has 7 nitrogen and oxygen atoms in total. The third kappa shape index (κ3) is 6.83. The molecule has 0 aliphatic heterocycles. The fraction of sp³-hybridized carbons (Fsp3) is 0.188. The summed E-state index contributed by atoms with van der Waals surface area (Å²) in [5.74, 6) is 1.29. The number of hydrogen-bond donors (Lipinski definition) is 2. The van der Waals surface area contributed by atoms with E-state index >= 15 is 0 Å². The molecule has 138 valence electrons. The summed E-state index contributed by atoms with van der Waals surface area (Å²) in [6, 6.07) is 13.9. The van der Waals surface area contributed by atoms with Gasteiger partial charge in [-0.1, -0.05) is 16.9 Å². The maximum atomic E-state index is 11.0. The molecule has 0 fully saturated rings. The Bertz CT molecular complexity index is 822. The molecule has 0 amide bonds. The summed E-state index contributed by atoms with van der Waals surface area (Å²) >= 11 is 5.33. The van der Waals surface area contributed by atoms with Crippen LogP contribution in [0.4, 0.5) is 0 Å². The average molecular weight is 413 g/mol. The first-order valence-electron chi connectivity index (χ1n) is 7.47. The van der Waals surface area contributed by atoms with Gasteiger partial charge in [-0.2, -0.15) is 0 Å². The number of ether oxygens (including phenoxy) is 1. The third-order valence-electron chi connectivity index (χ3n) is 3.22. The maximum Gasteiger partial charge on any atom is 0.540 e. The fourth-order valence-electron chi connectivity index (χ4n) is 1.93. The molecule has 0 bridgehead atoms. The van der Waals surface area contributed by atoms with Crippen molar-refractivity contribution in [2.45, 2.75) is 6.16 Å². The SMILES string of the molecule is COc1ccc(/C=N\N(C)[P+](=S)Oc2ccc(CP(=O)(O)O)cc2)cc1. The van der Waals surface area contributed by atoms with Crippen molar-refractivity contribution in [2.75, 3.05) is 14.2 Å². The first kappa shape index (κ1) is 20.5. The van der Waals surface area contributed by atoms with E-state index in [0.29, 0.717) is 11.3 Å². The quantitative estimate of drug-likeness (QED) is 0.389. The van der Waals surface area contributed by atoms with Crippen LogP contribution in [0.2, 0.25) is 0 Å². The minimum Gasteiger partial charge on any atom is -0.497 e. The Balaban J connectivity index is 1.93. The maximum absolute atomic E-state index is 11.0. The predicted molar refractivity (Wildman–Crippen MR) is 105 cm³/mol. The van der Waals surface area contributed by atoms with Crippen molar-refractivity contribution in [3.63, 3.8) is 0 Å². The number of benzene rings is 2. The van der Waals surface area contributed by atoms with Crippen LogP contribution in [-0.2, 0) is 22.5 Å². The summed E-state index contributed by atoms with van der Waals surface area (Å²) in [6.45, 7) is 0. The van der Waals surface area contributed by atoms with Gasteiger partial charge in [-0.3, -0.25) is 9.09 Å². The zero-order chi connectivity index (χ0) is 19.2. The van der Waals surface area contributed by atoms with Crippen molar-refractivity contribution in [2.24, 2.45) is 5.10 Å². The lowest BCUT2D eigenvalue weighted by atomic mass is 10.2. The minimum atomic E-state index is -4.08. The zero-order valence-corrected chi connectivity index (χ0v) is 16.8. The van der Waals surface area contributed by atoms with Crippen LogP contribution in [0.5, 0.6) is 11.5 Å². The lowest BCUT2D eigenvalue weighted by molar-refractivity contribution is 0.371. The summed E-state index contributed by atoms with van der Waals surface area (Å²) in [7, 11) is -2.17. The van der Waals surface area contributed by atoms with Crippen molar-refractivity contribution >= 4 is 32.7 Å². The largest absolute Gasteiger partial charge is 0.540 e. The van der Waals surface area contributed by atoms with E-state index in [4.69, 9.17) is 30.9 Å². The van der Waals surface area contributed by atoms with Crippen LogP contribution in [0.1, 0.15) is 11.1 Å². The number of hydrogen-bond acceptors (Lipinski definition) is 5. The van der Waals surface area contributed by atoms with Crippen LogP contribution in [0, 0.1) is 0 Å². The topological polar surface area (TPSA) is 91.6 Å². The monoisotopic (exact) mass is 413 g/mol. The molecule has 10 heteroatoms. The first-order valence-corrected chi connectivity index (χ1v) is 11.5. The molecular weight excluding hydrogens is 394 g/mol.